The van der Waals surface area contributed by atoms with Crippen molar-refractivity contribution >= 4 is 5.57 Å². The number of hydrogen-bond acceptors (Lipinski definition) is 0. The van der Waals surface area contributed by atoms with Gasteiger partial charge in [0.2, 0.25) is 0 Å². The highest BCUT2D eigenvalue weighted by Crippen LogP contribution is 2.94. The Morgan fingerprint density at radius 2 is 0.950 bits per heavy atom. The summed E-state index contributed by atoms with van der Waals surface area (Å²) < 4.78 is 0. The van der Waals surface area contributed by atoms with Crippen LogP contribution in [0.4, 0.5) is 0 Å². The molecule has 20 heavy (non-hydrogen) atoms. The summed E-state index contributed by atoms with van der Waals surface area (Å²) in [5, 5.41) is 0. The van der Waals surface area contributed by atoms with E-state index in [1.807, 2.05) is 5.57 Å². The maximum absolute atomic E-state index is 2.29. The predicted molar refractivity (Wildman–Crippen MR) is 79.8 cm³/mol. The predicted octanol–water partition coefficient (Wildman–Crippen LogP) is 4.24. The van der Waals surface area contributed by atoms with Crippen LogP contribution in [0.1, 0.15) is 11.1 Å². The van der Waals surface area contributed by atoms with Gasteiger partial charge < -0.3 is 0 Å². The lowest BCUT2D eigenvalue weighted by molar-refractivity contribution is 0.434. The minimum absolute atomic E-state index is 0.963. The maximum Gasteiger partial charge on any atom is -0.0113 e. The fraction of sp³-hybridized carbons (Fsp3) is 0.300. The molecule has 2 aromatic rings. The second kappa shape index (κ2) is 3.09. The molecule has 7 rings (SSSR count). The molecule has 0 heterocycles. The van der Waals surface area contributed by atoms with Crippen LogP contribution in [0.15, 0.2) is 66.2 Å². The fourth-order valence-corrected chi connectivity index (χ4v) is 5.65. The van der Waals surface area contributed by atoms with Crippen molar-refractivity contribution in [1.29, 1.82) is 0 Å². The lowest BCUT2D eigenvalue weighted by Crippen LogP contribution is -2.00. The molecule has 5 fully saturated rings. The van der Waals surface area contributed by atoms with Crippen LogP contribution in [-0.4, -0.2) is 0 Å². The van der Waals surface area contributed by atoms with Crippen molar-refractivity contribution in [2.24, 2.45) is 35.5 Å². The van der Waals surface area contributed by atoms with Crippen molar-refractivity contribution in [3.63, 3.8) is 0 Å². The van der Waals surface area contributed by atoms with Gasteiger partial charge in [-0.3, -0.25) is 0 Å². The first kappa shape index (κ1) is 9.99. The third-order valence-corrected chi connectivity index (χ3v) is 6.29. The Hall–Kier alpha value is -1.82. The Morgan fingerprint density at radius 1 is 0.550 bits per heavy atom. The summed E-state index contributed by atoms with van der Waals surface area (Å²) in [5.41, 5.74) is 6.24. The van der Waals surface area contributed by atoms with Crippen LogP contribution < -0.4 is 0 Å². The van der Waals surface area contributed by atoms with Gasteiger partial charge in [-0.25, -0.2) is 0 Å². The Balaban J connectivity index is 1.62. The quantitative estimate of drug-likeness (QED) is 0.754. The Kier molecular flexibility index (Phi) is 1.54. The van der Waals surface area contributed by atoms with Crippen molar-refractivity contribution in [2.75, 3.05) is 0 Å². The zero-order chi connectivity index (χ0) is 12.8. The zero-order valence-corrected chi connectivity index (χ0v) is 11.2. The van der Waals surface area contributed by atoms with Gasteiger partial charge in [-0.1, -0.05) is 66.2 Å². The second-order valence-electron chi connectivity index (χ2n) is 6.92. The molecular weight excluding hydrogens is 240 g/mol. The normalized spacial score (nSPS) is 40.9. The van der Waals surface area contributed by atoms with Crippen LogP contribution in [-0.2, 0) is 0 Å². The minimum Gasteiger partial charge on any atom is -0.0622 e. The van der Waals surface area contributed by atoms with Gasteiger partial charge in [-0.15, -0.1) is 0 Å². The zero-order valence-electron chi connectivity index (χ0n) is 11.2. The molecule has 0 saturated heterocycles. The monoisotopic (exact) mass is 256 g/mol. The molecule has 0 amide bonds. The largest absolute Gasteiger partial charge is 0.0622 e. The third kappa shape index (κ3) is 0.964. The first-order chi connectivity index (χ1) is 9.97. The van der Waals surface area contributed by atoms with Crippen LogP contribution in [0, 0.1) is 35.5 Å². The van der Waals surface area contributed by atoms with E-state index >= 15 is 0 Å². The number of allylic oxidation sites excluding steroid dienone is 1. The average Bonchev–Trinajstić information content (AvgIpc) is 3.24. The summed E-state index contributed by atoms with van der Waals surface area (Å²) in [6.45, 7) is 0. The van der Waals surface area contributed by atoms with Gasteiger partial charge in [0.15, 0.2) is 0 Å². The van der Waals surface area contributed by atoms with Crippen LogP contribution >= 0.6 is 0 Å². The maximum atomic E-state index is 2.29. The highest BCUT2D eigenvalue weighted by atomic mass is 14.9. The minimum atomic E-state index is 0.963. The van der Waals surface area contributed by atoms with Gasteiger partial charge in [0.1, 0.15) is 0 Å². The molecule has 5 aliphatic carbocycles. The van der Waals surface area contributed by atoms with Crippen LogP contribution in [0.3, 0.4) is 0 Å². The molecular formula is C20H16. The Morgan fingerprint density at radius 3 is 1.35 bits per heavy atom. The van der Waals surface area contributed by atoms with E-state index in [4.69, 9.17) is 0 Å². The van der Waals surface area contributed by atoms with Crippen molar-refractivity contribution in [2.45, 2.75) is 0 Å². The fourth-order valence-electron chi connectivity index (χ4n) is 5.65. The topological polar surface area (TPSA) is 0 Å². The van der Waals surface area contributed by atoms with Gasteiger partial charge in [-0.05, 0) is 52.2 Å². The van der Waals surface area contributed by atoms with E-state index in [9.17, 15) is 0 Å². The van der Waals surface area contributed by atoms with E-state index < -0.39 is 0 Å². The Labute approximate surface area is 119 Å². The van der Waals surface area contributed by atoms with Crippen molar-refractivity contribution < 1.29 is 0 Å². The molecule has 5 saturated carbocycles. The molecule has 0 heteroatoms. The van der Waals surface area contributed by atoms with E-state index in [0.29, 0.717) is 0 Å². The van der Waals surface area contributed by atoms with Crippen molar-refractivity contribution in [1.82, 2.24) is 0 Å². The molecule has 96 valence electrons. The number of hydrogen-bond donors (Lipinski definition) is 0. The van der Waals surface area contributed by atoms with Crippen LogP contribution in [0.5, 0.6) is 0 Å². The lowest BCUT2D eigenvalue weighted by atomic mass is 9.90. The summed E-state index contributed by atoms with van der Waals surface area (Å²) in [6.07, 6.45) is 0. The van der Waals surface area contributed by atoms with Gasteiger partial charge in [0.05, 0.1) is 0 Å². The van der Waals surface area contributed by atoms with E-state index in [2.05, 4.69) is 60.7 Å². The molecule has 0 spiro atoms. The van der Waals surface area contributed by atoms with E-state index in [0.717, 1.165) is 35.5 Å². The number of rotatable bonds is 2. The van der Waals surface area contributed by atoms with E-state index in [1.54, 1.807) is 5.57 Å². The molecule has 0 aromatic heterocycles. The smallest absolute Gasteiger partial charge is 0.0113 e. The lowest BCUT2D eigenvalue weighted by Gasteiger charge is -2.14. The van der Waals surface area contributed by atoms with Gasteiger partial charge >= 0.3 is 0 Å². The molecule has 0 aliphatic heterocycles. The molecule has 0 radical (unpaired) electrons. The average molecular weight is 256 g/mol. The molecule has 0 atom stereocenters. The highest BCUT2D eigenvalue weighted by Gasteiger charge is 2.90. The summed E-state index contributed by atoms with van der Waals surface area (Å²) in [5.74, 6) is 6.32. The van der Waals surface area contributed by atoms with Crippen LogP contribution in [0.2, 0.25) is 0 Å². The SMILES string of the molecule is c1ccc(C(=C2C3C4C3C3C2C43)c2ccccc2)cc1. The first-order valence-electron chi connectivity index (χ1n) is 7.82. The molecule has 2 aromatic carbocycles. The van der Waals surface area contributed by atoms with Gasteiger partial charge in [0, 0.05) is 0 Å². The molecule has 0 nitrogen and oxygen atoms in total. The molecule has 2 bridgehead atoms. The van der Waals surface area contributed by atoms with Crippen LogP contribution in [0.25, 0.3) is 5.57 Å². The Bertz CT molecular complexity index is 653. The summed E-state index contributed by atoms with van der Waals surface area (Å²) >= 11 is 0. The van der Waals surface area contributed by atoms with E-state index in [1.165, 1.54) is 11.1 Å². The second-order valence-corrected chi connectivity index (χ2v) is 6.92. The van der Waals surface area contributed by atoms with Gasteiger partial charge in [-0.2, -0.15) is 0 Å². The highest BCUT2D eigenvalue weighted by molar-refractivity contribution is 5.85. The molecule has 5 aliphatic rings. The molecule has 0 N–H and O–H groups in total. The standard InChI is InChI=1S/C20H16/c1-3-7-11(8-4-1)13(12-9-5-2-6-10-12)14-15-17-18(15)20-16(14)19(17)20/h1-10,15-20H. The first-order valence-corrected chi connectivity index (χ1v) is 7.82. The van der Waals surface area contributed by atoms with E-state index in [-0.39, 0.29) is 0 Å². The summed E-state index contributed by atoms with van der Waals surface area (Å²) in [7, 11) is 0. The van der Waals surface area contributed by atoms with Gasteiger partial charge in [0.25, 0.3) is 0 Å². The molecule has 0 unspecified atom stereocenters. The number of benzene rings is 2. The van der Waals surface area contributed by atoms with Crippen molar-refractivity contribution in [3.05, 3.63) is 77.4 Å². The third-order valence-electron chi connectivity index (χ3n) is 6.29. The summed E-state index contributed by atoms with van der Waals surface area (Å²) in [4.78, 5) is 0. The van der Waals surface area contributed by atoms with Crippen molar-refractivity contribution in [3.8, 4) is 0 Å². The summed E-state index contributed by atoms with van der Waals surface area (Å²) in [6, 6.07) is 22.1.